The largest absolute Gasteiger partial charge is 0.372 e. The zero-order valence-electron chi connectivity index (χ0n) is 16.2. The fourth-order valence-corrected chi connectivity index (χ4v) is 4.20. The summed E-state index contributed by atoms with van der Waals surface area (Å²) in [6.45, 7) is 5.26. The average Bonchev–Trinajstić information content (AvgIpc) is 3.36. The van der Waals surface area contributed by atoms with Crippen molar-refractivity contribution < 1.29 is 19.2 Å². The SMILES string of the molecule is CCNC(=O)c1cccc(NC(=O)C[NH+](Cc2cccs2)C[C@@H]2CCCO2)c1. The molecule has 0 radical (unpaired) electrons. The van der Waals surface area contributed by atoms with E-state index in [0.717, 1.165) is 32.5 Å². The van der Waals surface area contributed by atoms with Gasteiger partial charge >= 0.3 is 0 Å². The average molecular weight is 403 g/mol. The van der Waals surface area contributed by atoms with Crippen molar-refractivity contribution in [2.45, 2.75) is 32.4 Å². The van der Waals surface area contributed by atoms with Gasteiger partial charge < -0.3 is 20.3 Å². The molecule has 1 aliphatic heterocycles. The van der Waals surface area contributed by atoms with Crippen LogP contribution < -0.4 is 15.5 Å². The molecule has 2 aromatic rings. The molecule has 28 heavy (non-hydrogen) atoms. The minimum Gasteiger partial charge on any atom is -0.372 e. The van der Waals surface area contributed by atoms with Crippen LogP contribution in [-0.2, 0) is 16.1 Å². The second-order valence-corrected chi connectivity index (χ2v) is 8.04. The lowest BCUT2D eigenvalue weighted by atomic mass is 10.2. The Kier molecular flexibility index (Phi) is 7.59. The van der Waals surface area contributed by atoms with Crippen molar-refractivity contribution in [2.24, 2.45) is 0 Å². The quantitative estimate of drug-likeness (QED) is 0.598. The summed E-state index contributed by atoms with van der Waals surface area (Å²) < 4.78 is 5.77. The van der Waals surface area contributed by atoms with Gasteiger partial charge in [-0.15, -0.1) is 11.3 Å². The van der Waals surface area contributed by atoms with E-state index in [0.29, 0.717) is 24.3 Å². The number of amides is 2. The van der Waals surface area contributed by atoms with Gasteiger partial charge in [0, 0.05) is 24.4 Å². The molecule has 150 valence electrons. The summed E-state index contributed by atoms with van der Waals surface area (Å²) in [5.41, 5.74) is 1.18. The lowest BCUT2D eigenvalue weighted by molar-refractivity contribution is -0.908. The number of quaternary nitrogens is 1. The zero-order chi connectivity index (χ0) is 19.8. The van der Waals surface area contributed by atoms with Gasteiger partial charge in [-0.1, -0.05) is 12.1 Å². The molecule has 7 heteroatoms. The van der Waals surface area contributed by atoms with Crippen LogP contribution >= 0.6 is 11.3 Å². The summed E-state index contributed by atoms with van der Waals surface area (Å²) >= 11 is 1.71. The van der Waals surface area contributed by atoms with Crippen LogP contribution in [-0.4, -0.2) is 44.2 Å². The van der Waals surface area contributed by atoms with Crippen molar-refractivity contribution in [1.29, 1.82) is 0 Å². The molecule has 0 aliphatic carbocycles. The number of benzene rings is 1. The van der Waals surface area contributed by atoms with Gasteiger partial charge in [-0.05, 0) is 49.4 Å². The minimum atomic E-state index is -0.137. The molecule has 1 unspecified atom stereocenters. The fourth-order valence-electron chi connectivity index (χ4n) is 3.43. The van der Waals surface area contributed by atoms with Gasteiger partial charge in [0.2, 0.25) is 0 Å². The Bertz CT molecular complexity index is 773. The Morgan fingerprint density at radius 1 is 1.29 bits per heavy atom. The Morgan fingerprint density at radius 3 is 2.89 bits per heavy atom. The van der Waals surface area contributed by atoms with Crippen LogP contribution in [0.3, 0.4) is 0 Å². The van der Waals surface area contributed by atoms with Gasteiger partial charge in [-0.25, -0.2) is 0 Å². The molecule has 3 N–H and O–H groups in total. The van der Waals surface area contributed by atoms with E-state index in [-0.39, 0.29) is 17.9 Å². The Balaban J connectivity index is 1.61. The number of rotatable bonds is 9. The molecule has 1 aromatic heterocycles. The standard InChI is InChI=1S/C21H27N3O3S/c1-2-22-21(26)16-6-3-7-17(12-16)23-20(25)15-24(13-18-8-4-10-27-18)14-19-9-5-11-28-19/h3,5-7,9,11-12,18H,2,4,8,10,13-15H2,1H3,(H,22,26)(H,23,25)/p+1/t18-/m0/s1. The summed E-state index contributed by atoms with van der Waals surface area (Å²) in [6, 6.07) is 11.2. The maximum absolute atomic E-state index is 12.7. The number of carbonyl (C=O) groups is 2. The second-order valence-electron chi connectivity index (χ2n) is 7.01. The maximum Gasteiger partial charge on any atom is 0.279 e. The summed E-state index contributed by atoms with van der Waals surface area (Å²) in [5.74, 6) is -0.195. The van der Waals surface area contributed by atoms with E-state index in [2.05, 4.69) is 22.1 Å². The third-order valence-electron chi connectivity index (χ3n) is 4.70. The third-order valence-corrected chi connectivity index (χ3v) is 5.58. The number of ether oxygens (including phenoxy) is 1. The van der Waals surface area contributed by atoms with Crippen molar-refractivity contribution in [3.05, 3.63) is 52.2 Å². The van der Waals surface area contributed by atoms with E-state index in [4.69, 9.17) is 4.74 Å². The Hall–Kier alpha value is -2.22. The van der Waals surface area contributed by atoms with Crippen molar-refractivity contribution in [3.63, 3.8) is 0 Å². The molecule has 1 aromatic carbocycles. The van der Waals surface area contributed by atoms with Crippen molar-refractivity contribution >= 4 is 28.8 Å². The predicted molar refractivity (Wildman–Crippen MR) is 111 cm³/mol. The van der Waals surface area contributed by atoms with E-state index in [1.165, 1.54) is 9.78 Å². The van der Waals surface area contributed by atoms with Crippen molar-refractivity contribution in [1.82, 2.24) is 5.32 Å². The summed E-state index contributed by atoms with van der Waals surface area (Å²) in [5, 5.41) is 7.77. The first-order chi connectivity index (χ1) is 13.6. The Labute approximate surface area is 169 Å². The van der Waals surface area contributed by atoms with Crippen LogP contribution in [0.5, 0.6) is 0 Å². The minimum absolute atomic E-state index is 0.0578. The van der Waals surface area contributed by atoms with Crippen LogP contribution in [0, 0.1) is 0 Å². The van der Waals surface area contributed by atoms with E-state index in [1.807, 2.05) is 13.0 Å². The topological polar surface area (TPSA) is 71.9 Å². The molecule has 3 rings (SSSR count). The summed E-state index contributed by atoms with van der Waals surface area (Å²) in [6.07, 6.45) is 2.38. The first-order valence-electron chi connectivity index (χ1n) is 9.79. The van der Waals surface area contributed by atoms with E-state index < -0.39 is 0 Å². The van der Waals surface area contributed by atoms with Crippen LogP contribution in [0.25, 0.3) is 0 Å². The smallest absolute Gasteiger partial charge is 0.279 e. The fraction of sp³-hybridized carbons (Fsp3) is 0.429. The molecule has 0 saturated carbocycles. The highest BCUT2D eigenvalue weighted by Crippen LogP contribution is 2.12. The molecule has 1 aliphatic rings. The molecule has 2 heterocycles. The van der Waals surface area contributed by atoms with E-state index in [9.17, 15) is 9.59 Å². The molecule has 0 spiro atoms. The lowest BCUT2D eigenvalue weighted by Crippen LogP contribution is -3.12. The second kappa shape index (κ2) is 10.4. The number of hydrogen-bond acceptors (Lipinski definition) is 4. The molecular formula is C21H28N3O3S+. The zero-order valence-corrected chi connectivity index (χ0v) is 17.0. The van der Waals surface area contributed by atoms with E-state index in [1.54, 1.807) is 35.6 Å². The highest BCUT2D eigenvalue weighted by Gasteiger charge is 2.24. The van der Waals surface area contributed by atoms with Crippen LogP contribution in [0.15, 0.2) is 41.8 Å². The molecular weight excluding hydrogens is 374 g/mol. The van der Waals surface area contributed by atoms with Crippen LogP contribution in [0.1, 0.15) is 35.0 Å². The van der Waals surface area contributed by atoms with Gasteiger partial charge in [-0.3, -0.25) is 9.59 Å². The predicted octanol–water partition coefficient (Wildman–Crippen LogP) is 1.70. The number of thiophene rings is 1. The highest BCUT2D eigenvalue weighted by atomic mass is 32.1. The number of anilines is 1. The summed E-state index contributed by atoms with van der Waals surface area (Å²) in [4.78, 5) is 27.1. The molecule has 6 nitrogen and oxygen atoms in total. The van der Waals surface area contributed by atoms with Gasteiger partial charge in [0.15, 0.2) is 6.54 Å². The maximum atomic E-state index is 12.7. The monoisotopic (exact) mass is 402 g/mol. The van der Waals surface area contributed by atoms with Crippen molar-refractivity contribution in [2.75, 3.05) is 31.6 Å². The van der Waals surface area contributed by atoms with Gasteiger partial charge in [0.1, 0.15) is 19.2 Å². The first-order valence-corrected chi connectivity index (χ1v) is 10.7. The third kappa shape index (κ3) is 6.15. The van der Waals surface area contributed by atoms with Gasteiger partial charge in [0.05, 0.1) is 4.88 Å². The lowest BCUT2D eigenvalue weighted by Gasteiger charge is -2.21. The number of carbonyl (C=O) groups excluding carboxylic acids is 2. The Morgan fingerprint density at radius 2 is 2.18 bits per heavy atom. The molecule has 1 saturated heterocycles. The number of hydrogen-bond donors (Lipinski definition) is 3. The molecule has 1 fully saturated rings. The normalized spacial score (nSPS) is 17.2. The van der Waals surface area contributed by atoms with E-state index >= 15 is 0 Å². The molecule has 2 amide bonds. The van der Waals surface area contributed by atoms with Crippen LogP contribution in [0.4, 0.5) is 5.69 Å². The van der Waals surface area contributed by atoms with Crippen LogP contribution in [0.2, 0.25) is 0 Å². The van der Waals surface area contributed by atoms with Gasteiger partial charge in [0.25, 0.3) is 11.8 Å². The number of nitrogens with one attached hydrogen (secondary N) is 3. The first kappa shape index (κ1) is 20.5. The van der Waals surface area contributed by atoms with Gasteiger partial charge in [-0.2, -0.15) is 0 Å². The van der Waals surface area contributed by atoms with Crippen molar-refractivity contribution in [3.8, 4) is 0 Å². The molecule has 2 atom stereocenters. The highest BCUT2D eigenvalue weighted by molar-refractivity contribution is 7.09. The summed E-state index contributed by atoms with van der Waals surface area (Å²) in [7, 11) is 0. The molecule has 0 bridgehead atoms.